The van der Waals surface area contributed by atoms with E-state index in [0.29, 0.717) is 18.9 Å². The van der Waals surface area contributed by atoms with Gasteiger partial charge in [0.15, 0.2) is 5.96 Å². The Bertz CT molecular complexity index is 832. The van der Waals surface area contributed by atoms with Crippen molar-refractivity contribution >= 4 is 15.8 Å². The minimum atomic E-state index is -2.96. The maximum Gasteiger partial charge on any atom is 0.191 e. The highest BCUT2D eigenvalue weighted by molar-refractivity contribution is 7.90. The summed E-state index contributed by atoms with van der Waals surface area (Å²) >= 11 is 0. The fourth-order valence-electron chi connectivity index (χ4n) is 2.60. The first-order valence-corrected chi connectivity index (χ1v) is 11.2. The minimum absolute atomic E-state index is 0.0186. The topological polar surface area (TPSA) is 88.4 Å². The van der Waals surface area contributed by atoms with Gasteiger partial charge in [0.05, 0.1) is 18.6 Å². The van der Waals surface area contributed by atoms with Crippen LogP contribution in [0.1, 0.15) is 31.4 Å². The Kier molecular flexibility index (Phi) is 7.84. The van der Waals surface area contributed by atoms with Crippen LogP contribution >= 0.6 is 0 Å². The highest BCUT2D eigenvalue weighted by Crippen LogP contribution is 2.08. The van der Waals surface area contributed by atoms with Crippen LogP contribution in [0.15, 0.2) is 48.0 Å². The predicted octanol–water partition coefficient (Wildman–Crippen LogP) is 1.81. The van der Waals surface area contributed by atoms with E-state index in [0.717, 1.165) is 18.7 Å². The Hall–Kier alpha value is -2.35. The number of rotatable bonds is 9. The van der Waals surface area contributed by atoms with Crippen molar-refractivity contribution in [2.45, 2.75) is 39.4 Å². The lowest BCUT2D eigenvalue weighted by molar-refractivity contribution is 0.581. The van der Waals surface area contributed by atoms with Crippen molar-refractivity contribution in [1.29, 1.82) is 0 Å². The zero-order chi connectivity index (χ0) is 19.7. The molecule has 0 radical (unpaired) electrons. The van der Waals surface area contributed by atoms with Crippen LogP contribution in [-0.2, 0) is 22.9 Å². The molecule has 0 amide bonds. The molecule has 0 bridgehead atoms. The molecule has 1 heterocycles. The molecule has 148 valence electrons. The number of benzene rings is 1. The highest BCUT2D eigenvalue weighted by Gasteiger charge is 2.09. The molecule has 1 aromatic carbocycles. The van der Waals surface area contributed by atoms with Crippen molar-refractivity contribution in [3.63, 3.8) is 0 Å². The van der Waals surface area contributed by atoms with Crippen LogP contribution in [0.4, 0.5) is 0 Å². The van der Waals surface area contributed by atoms with E-state index in [1.807, 2.05) is 30.7 Å². The first kappa shape index (κ1) is 21.0. The lowest BCUT2D eigenvalue weighted by atomic mass is 10.1. The standard InChI is InChI=1S/C19H29N5O2S/c1-4-21-19(23-16(2)8-11-27(3,25)26)22-13-17-6-5-7-18(12-17)14-24-10-9-20-15-24/h5-7,9-10,12,15-16H,4,8,11,13-14H2,1-3H3,(H2,21,22,23). The van der Waals surface area contributed by atoms with Gasteiger partial charge in [0.25, 0.3) is 0 Å². The fourth-order valence-corrected chi connectivity index (χ4v) is 3.39. The number of aliphatic imine (C=N–C) groups is 1. The van der Waals surface area contributed by atoms with Gasteiger partial charge in [0, 0.05) is 37.8 Å². The monoisotopic (exact) mass is 391 g/mol. The Labute approximate surface area is 161 Å². The molecule has 1 unspecified atom stereocenters. The van der Waals surface area contributed by atoms with Crippen molar-refractivity contribution in [2.24, 2.45) is 4.99 Å². The quantitative estimate of drug-likeness (QED) is 0.503. The molecule has 0 saturated carbocycles. The number of nitrogens with one attached hydrogen (secondary N) is 2. The SMILES string of the molecule is CCNC(=NCc1cccc(Cn2ccnc2)c1)NC(C)CCS(C)(=O)=O. The number of aromatic nitrogens is 2. The lowest BCUT2D eigenvalue weighted by Gasteiger charge is -2.17. The molecule has 2 rings (SSSR count). The maximum atomic E-state index is 11.3. The lowest BCUT2D eigenvalue weighted by Crippen LogP contribution is -2.42. The summed E-state index contributed by atoms with van der Waals surface area (Å²) in [4.78, 5) is 8.70. The number of hydrogen-bond donors (Lipinski definition) is 2. The summed E-state index contributed by atoms with van der Waals surface area (Å²) in [7, 11) is -2.96. The number of sulfone groups is 1. The molecule has 0 aliphatic carbocycles. The van der Waals surface area contributed by atoms with Gasteiger partial charge in [-0.3, -0.25) is 0 Å². The molecule has 0 aliphatic rings. The summed E-state index contributed by atoms with van der Waals surface area (Å²) in [5, 5.41) is 6.48. The molecule has 8 heteroatoms. The number of nitrogens with zero attached hydrogens (tertiary/aromatic N) is 3. The third-order valence-electron chi connectivity index (χ3n) is 3.98. The van der Waals surface area contributed by atoms with Gasteiger partial charge < -0.3 is 15.2 Å². The number of imidazole rings is 1. The van der Waals surface area contributed by atoms with Crippen LogP contribution in [0.25, 0.3) is 0 Å². The van der Waals surface area contributed by atoms with Gasteiger partial charge >= 0.3 is 0 Å². The Balaban J connectivity index is 1.97. The minimum Gasteiger partial charge on any atom is -0.357 e. The van der Waals surface area contributed by atoms with Crippen molar-refractivity contribution in [3.05, 3.63) is 54.1 Å². The Morgan fingerprint density at radius 3 is 2.78 bits per heavy atom. The van der Waals surface area contributed by atoms with E-state index in [9.17, 15) is 8.42 Å². The molecule has 27 heavy (non-hydrogen) atoms. The second-order valence-electron chi connectivity index (χ2n) is 6.71. The van der Waals surface area contributed by atoms with Gasteiger partial charge in [-0.05, 0) is 31.4 Å². The summed E-state index contributed by atoms with van der Waals surface area (Å²) < 4.78 is 24.7. The first-order chi connectivity index (χ1) is 12.9. The first-order valence-electron chi connectivity index (χ1n) is 9.12. The van der Waals surface area contributed by atoms with Gasteiger partial charge in [-0.1, -0.05) is 24.3 Å². The molecular formula is C19H29N5O2S. The van der Waals surface area contributed by atoms with E-state index in [1.54, 1.807) is 12.5 Å². The van der Waals surface area contributed by atoms with E-state index in [4.69, 9.17) is 0 Å². The van der Waals surface area contributed by atoms with Crippen LogP contribution in [0.3, 0.4) is 0 Å². The van der Waals surface area contributed by atoms with Gasteiger partial charge in [0.2, 0.25) is 0 Å². The highest BCUT2D eigenvalue weighted by atomic mass is 32.2. The summed E-state index contributed by atoms with van der Waals surface area (Å²) in [6.07, 6.45) is 7.32. The molecule has 2 aromatic rings. The predicted molar refractivity (Wildman–Crippen MR) is 110 cm³/mol. The second-order valence-corrected chi connectivity index (χ2v) is 8.97. The normalized spacial score (nSPS) is 13.4. The van der Waals surface area contributed by atoms with E-state index >= 15 is 0 Å². The maximum absolute atomic E-state index is 11.3. The molecule has 0 saturated heterocycles. The largest absolute Gasteiger partial charge is 0.357 e. The van der Waals surface area contributed by atoms with Crippen LogP contribution < -0.4 is 10.6 Å². The van der Waals surface area contributed by atoms with E-state index in [1.165, 1.54) is 11.8 Å². The zero-order valence-electron chi connectivity index (χ0n) is 16.2. The number of hydrogen-bond acceptors (Lipinski definition) is 4. The molecule has 0 spiro atoms. The van der Waals surface area contributed by atoms with Crippen LogP contribution in [0.2, 0.25) is 0 Å². The number of guanidine groups is 1. The zero-order valence-corrected chi connectivity index (χ0v) is 17.0. The van der Waals surface area contributed by atoms with Crippen LogP contribution in [-0.4, -0.2) is 48.5 Å². The Morgan fingerprint density at radius 1 is 1.33 bits per heavy atom. The van der Waals surface area contributed by atoms with Crippen LogP contribution in [0, 0.1) is 0 Å². The molecule has 0 fully saturated rings. The van der Waals surface area contributed by atoms with Gasteiger partial charge in [-0.15, -0.1) is 0 Å². The molecule has 1 atom stereocenters. The molecular weight excluding hydrogens is 362 g/mol. The van der Waals surface area contributed by atoms with Crippen molar-refractivity contribution in [3.8, 4) is 0 Å². The molecule has 2 N–H and O–H groups in total. The van der Waals surface area contributed by atoms with E-state index < -0.39 is 9.84 Å². The molecule has 7 nitrogen and oxygen atoms in total. The van der Waals surface area contributed by atoms with Crippen molar-refractivity contribution in [1.82, 2.24) is 20.2 Å². The molecule has 0 aliphatic heterocycles. The second kappa shape index (κ2) is 10.1. The summed E-state index contributed by atoms with van der Waals surface area (Å²) in [6, 6.07) is 8.33. The third kappa shape index (κ3) is 8.25. The van der Waals surface area contributed by atoms with Gasteiger partial charge in [-0.2, -0.15) is 0 Å². The van der Waals surface area contributed by atoms with Crippen molar-refractivity contribution < 1.29 is 8.42 Å². The van der Waals surface area contributed by atoms with E-state index in [-0.39, 0.29) is 11.8 Å². The average molecular weight is 392 g/mol. The summed E-state index contributed by atoms with van der Waals surface area (Å²) in [5.74, 6) is 0.857. The fraction of sp³-hybridized carbons (Fsp3) is 0.474. The Morgan fingerprint density at radius 2 is 2.11 bits per heavy atom. The van der Waals surface area contributed by atoms with Gasteiger partial charge in [-0.25, -0.2) is 18.4 Å². The average Bonchev–Trinajstić information content (AvgIpc) is 3.11. The summed E-state index contributed by atoms with van der Waals surface area (Å²) in [5.41, 5.74) is 2.31. The summed E-state index contributed by atoms with van der Waals surface area (Å²) in [6.45, 7) is 6.03. The van der Waals surface area contributed by atoms with Crippen molar-refractivity contribution in [2.75, 3.05) is 18.6 Å². The van der Waals surface area contributed by atoms with E-state index in [2.05, 4.69) is 38.8 Å². The van der Waals surface area contributed by atoms with Gasteiger partial charge in [0.1, 0.15) is 9.84 Å². The molecule has 1 aromatic heterocycles. The van der Waals surface area contributed by atoms with Crippen LogP contribution in [0.5, 0.6) is 0 Å². The third-order valence-corrected chi connectivity index (χ3v) is 4.96. The smallest absolute Gasteiger partial charge is 0.191 e.